The van der Waals surface area contributed by atoms with Gasteiger partial charge in [-0.3, -0.25) is 4.99 Å². The lowest BCUT2D eigenvalue weighted by Gasteiger charge is -2.23. The molecule has 2 rings (SSSR count). The summed E-state index contributed by atoms with van der Waals surface area (Å²) in [4.78, 5) is 8.27. The first-order valence-corrected chi connectivity index (χ1v) is 7.19. The Bertz CT molecular complexity index is 516. The van der Waals surface area contributed by atoms with Crippen LogP contribution in [0.5, 0.6) is 0 Å². The molecule has 0 aromatic heterocycles. The van der Waals surface area contributed by atoms with Crippen LogP contribution in [0.15, 0.2) is 23.2 Å². The number of rotatable bonds is 3. The molecule has 21 heavy (non-hydrogen) atoms. The summed E-state index contributed by atoms with van der Waals surface area (Å²) < 4.78 is 26.8. The third-order valence-electron chi connectivity index (χ3n) is 3.50. The van der Waals surface area contributed by atoms with Gasteiger partial charge in [-0.05, 0) is 25.5 Å². The van der Waals surface area contributed by atoms with E-state index in [1.807, 2.05) is 30.8 Å². The summed E-state index contributed by atoms with van der Waals surface area (Å²) >= 11 is 0. The first-order chi connectivity index (χ1) is 10.0. The molecule has 6 heteroatoms. The summed E-state index contributed by atoms with van der Waals surface area (Å²) in [5.41, 5.74) is 0.458. The molecule has 1 N–H and O–H groups in total. The highest BCUT2D eigenvalue weighted by atomic mass is 19.1. The predicted molar refractivity (Wildman–Crippen MR) is 81.8 cm³/mol. The Labute approximate surface area is 124 Å². The topological polar surface area (TPSA) is 30.9 Å². The van der Waals surface area contributed by atoms with Gasteiger partial charge in [0.25, 0.3) is 0 Å². The molecule has 0 bridgehead atoms. The van der Waals surface area contributed by atoms with Crippen LogP contribution in [0.2, 0.25) is 0 Å². The molecule has 1 unspecified atom stereocenters. The highest BCUT2D eigenvalue weighted by Gasteiger charge is 2.25. The second-order valence-electron chi connectivity index (χ2n) is 5.36. The van der Waals surface area contributed by atoms with E-state index in [4.69, 9.17) is 0 Å². The average Bonchev–Trinajstić information content (AvgIpc) is 2.86. The first kappa shape index (κ1) is 15.5. The smallest absolute Gasteiger partial charge is 0.193 e. The van der Waals surface area contributed by atoms with Crippen LogP contribution in [0.3, 0.4) is 0 Å². The maximum atomic E-state index is 13.8. The monoisotopic (exact) mass is 296 g/mol. The number of anilines is 1. The maximum absolute atomic E-state index is 13.8. The number of halogens is 2. The molecule has 1 atom stereocenters. The summed E-state index contributed by atoms with van der Waals surface area (Å²) in [6.45, 7) is 4.12. The fourth-order valence-corrected chi connectivity index (χ4v) is 2.48. The minimum atomic E-state index is -0.546. The Morgan fingerprint density at radius 2 is 2.19 bits per heavy atom. The lowest BCUT2D eigenvalue weighted by atomic mass is 10.2. The van der Waals surface area contributed by atoms with Crippen LogP contribution < -0.4 is 10.2 Å². The van der Waals surface area contributed by atoms with Crippen molar-refractivity contribution in [1.82, 2.24) is 10.2 Å². The SMILES string of the molecule is CCN=C(NC1CCN(c2ccc(F)cc2F)C1)N(C)C. The summed E-state index contributed by atoms with van der Waals surface area (Å²) in [6, 6.07) is 3.94. The van der Waals surface area contributed by atoms with Gasteiger partial charge in [0.1, 0.15) is 11.6 Å². The fraction of sp³-hybridized carbons (Fsp3) is 0.533. The standard InChI is InChI=1S/C15H22F2N4/c1-4-18-15(20(2)3)19-12-7-8-21(10-12)14-6-5-11(16)9-13(14)17/h5-6,9,12H,4,7-8,10H2,1-3H3,(H,18,19). The molecule has 1 fully saturated rings. The van der Waals surface area contributed by atoms with Gasteiger partial charge in [0, 0.05) is 45.8 Å². The zero-order valence-corrected chi connectivity index (χ0v) is 12.7. The van der Waals surface area contributed by atoms with Crippen molar-refractivity contribution in [3.63, 3.8) is 0 Å². The largest absolute Gasteiger partial charge is 0.367 e. The molecular weight excluding hydrogens is 274 g/mol. The van der Waals surface area contributed by atoms with E-state index in [2.05, 4.69) is 10.3 Å². The van der Waals surface area contributed by atoms with Crippen molar-refractivity contribution in [2.75, 3.05) is 38.6 Å². The number of nitrogens with zero attached hydrogens (tertiary/aromatic N) is 3. The van der Waals surface area contributed by atoms with Crippen LogP contribution in [-0.2, 0) is 0 Å². The van der Waals surface area contributed by atoms with Crippen molar-refractivity contribution >= 4 is 11.6 Å². The molecular formula is C15H22F2N4. The van der Waals surface area contributed by atoms with Crippen molar-refractivity contribution < 1.29 is 8.78 Å². The molecule has 4 nitrogen and oxygen atoms in total. The lowest BCUT2D eigenvalue weighted by Crippen LogP contribution is -2.44. The van der Waals surface area contributed by atoms with Crippen LogP contribution in [0, 0.1) is 11.6 Å². The van der Waals surface area contributed by atoms with Gasteiger partial charge in [-0.1, -0.05) is 0 Å². The average molecular weight is 296 g/mol. The predicted octanol–water partition coefficient (Wildman–Crippen LogP) is 2.07. The van der Waals surface area contributed by atoms with E-state index in [1.165, 1.54) is 12.1 Å². The number of nitrogens with one attached hydrogen (secondary N) is 1. The summed E-state index contributed by atoms with van der Waals surface area (Å²) in [5.74, 6) is -0.218. The summed E-state index contributed by atoms with van der Waals surface area (Å²) in [5, 5.41) is 3.38. The Morgan fingerprint density at radius 1 is 1.43 bits per heavy atom. The summed E-state index contributed by atoms with van der Waals surface area (Å²) in [6.07, 6.45) is 0.896. The fourth-order valence-electron chi connectivity index (χ4n) is 2.48. The Kier molecular flexibility index (Phi) is 4.98. The maximum Gasteiger partial charge on any atom is 0.193 e. The molecule has 1 aliphatic heterocycles. The molecule has 1 aromatic carbocycles. The van der Waals surface area contributed by atoms with Gasteiger partial charge >= 0.3 is 0 Å². The van der Waals surface area contributed by atoms with Gasteiger partial charge in [-0.25, -0.2) is 8.78 Å². The lowest BCUT2D eigenvalue weighted by molar-refractivity contribution is 0.546. The Hall–Kier alpha value is -1.85. The summed E-state index contributed by atoms with van der Waals surface area (Å²) in [7, 11) is 3.88. The zero-order chi connectivity index (χ0) is 15.4. The zero-order valence-electron chi connectivity index (χ0n) is 12.7. The van der Waals surface area contributed by atoms with Crippen molar-refractivity contribution in [3.05, 3.63) is 29.8 Å². The van der Waals surface area contributed by atoms with Gasteiger partial charge in [0.05, 0.1) is 5.69 Å². The highest BCUT2D eigenvalue weighted by Crippen LogP contribution is 2.24. The van der Waals surface area contributed by atoms with Crippen molar-refractivity contribution in [3.8, 4) is 0 Å². The molecule has 0 amide bonds. The van der Waals surface area contributed by atoms with Crippen LogP contribution in [0.25, 0.3) is 0 Å². The van der Waals surface area contributed by atoms with E-state index >= 15 is 0 Å². The number of hydrogen-bond acceptors (Lipinski definition) is 2. The molecule has 0 radical (unpaired) electrons. The van der Waals surface area contributed by atoms with E-state index in [-0.39, 0.29) is 6.04 Å². The molecule has 116 valence electrons. The molecule has 0 saturated carbocycles. The second kappa shape index (κ2) is 6.74. The van der Waals surface area contributed by atoms with Crippen LogP contribution >= 0.6 is 0 Å². The van der Waals surface area contributed by atoms with E-state index in [1.54, 1.807) is 0 Å². The molecule has 1 saturated heterocycles. The van der Waals surface area contributed by atoms with Gasteiger partial charge in [-0.2, -0.15) is 0 Å². The van der Waals surface area contributed by atoms with Crippen molar-refractivity contribution in [2.24, 2.45) is 4.99 Å². The minimum Gasteiger partial charge on any atom is -0.367 e. The number of aliphatic imine (C=N–C) groups is 1. The van der Waals surface area contributed by atoms with Gasteiger partial charge < -0.3 is 15.1 Å². The van der Waals surface area contributed by atoms with Crippen LogP contribution in [-0.4, -0.2) is 50.6 Å². The molecule has 1 heterocycles. The van der Waals surface area contributed by atoms with Gasteiger partial charge in [-0.15, -0.1) is 0 Å². The van der Waals surface area contributed by atoms with Crippen molar-refractivity contribution in [2.45, 2.75) is 19.4 Å². The van der Waals surface area contributed by atoms with E-state index in [9.17, 15) is 8.78 Å². The van der Waals surface area contributed by atoms with Crippen LogP contribution in [0.1, 0.15) is 13.3 Å². The molecule has 1 aliphatic rings. The van der Waals surface area contributed by atoms with Crippen LogP contribution in [0.4, 0.5) is 14.5 Å². The highest BCUT2D eigenvalue weighted by molar-refractivity contribution is 5.79. The van der Waals surface area contributed by atoms with E-state index < -0.39 is 11.6 Å². The number of benzene rings is 1. The van der Waals surface area contributed by atoms with E-state index in [0.717, 1.165) is 25.0 Å². The minimum absolute atomic E-state index is 0.210. The Balaban J connectivity index is 2.02. The van der Waals surface area contributed by atoms with Crippen molar-refractivity contribution in [1.29, 1.82) is 0 Å². The molecule has 0 aliphatic carbocycles. The Morgan fingerprint density at radius 3 is 2.81 bits per heavy atom. The second-order valence-corrected chi connectivity index (χ2v) is 5.36. The third kappa shape index (κ3) is 3.83. The third-order valence-corrected chi connectivity index (χ3v) is 3.50. The molecule has 0 spiro atoms. The first-order valence-electron chi connectivity index (χ1n) is 7.19. The van der Waals surface area contributed by atoms with E-state index in [0.29, 0.717) is 18.8 Å². The van der Waals surface area contributed by atoms with Gasteiger partial charge in [0.2, 0.25) is 0 Å². The number of hydrogen-bond donors (Lipinski definition) is 1. The van der Waals surface area contributed by atoms with Gasteiger partial charge in [0.15, 0.2) is 5.96 Å². The number of guanidine groups is 1. The quantitative estimate of drug-likeness (QED) is 0.684. The normalized spacial score (nSPS) is 19.0. The molecule has 1 aromatic rings.